The molecule has 1 fully saturated rings. The number of rotatable bonds is 6. The van der Waals surface area contributed by atoms with Gasteiger partial charge in [-0.05, 0) is 54.1 Å². The third kappa shape index (κ3) is 5.26. The molecular weight excluding hydrogens is 498 g/mol. The summed E-state index contributed by atoms with van der Waals surface area (Å²) in [7, 11) is -3.94. The first-order valence-corrected chi connectivity index (χ1v) is 13.2. The lowest BCUT2D eigenvalue weighted by molar-refractivity contribution is 0.0628. The zero-order chi connectivity index (χ0) is 25.1. The molecule has 1 N–H and O–H groups in total. The number of nitrogens with one attached hydrogen (secondary N) is 1. The number of fused-ring (bicyclic) bond motifs is 1. The van der Waals surface area contributed by atoms with E-state index in [0.717, 1.165) is 25.2 Å². The van der Waals surface area contributed by atoms with Crippen LogP contribution >= 0.6 is 11.6 Å². The zero-order valence-electron chi connectivity index (χ0n) is 19.2. The molecule has 0 saturated carbocycles. The Morgan fingerprint density at radius 2 is 1.86 bits per heavy atom. The fraction of sp³-hybridized carbons (Fsp3) is 0.192. The highest BCUT2D eigenvalue weighted by molar-refractivity contribution is 7.93. The van der Waals surface area contributed by atoms with Gasteiger partial charge in [-0.1, -0.05) is 23.7 Å². The Morgan fingerprint density at radius 3 is 2.61 bits per heavy atom. The molecule has 2 aromatic heterocycles. The highest BCUT2D eigenvalue weighted by Gasteiger charge is 2.23. The van der Waals surface area contributed by atoms with Crippen LogP contribution in [0.2, 0.25) is 5.02 Å². The van der Waals surface area contributed by atoms with Crippen LogP contribution < -0.4 is 4.72 Å². The van der Waals surface area contributed by atoms with E-state index in [-0.39, 0.29) is 10.8 Å². The summed E-state index contributed by atoms with van der Waals surface area (Å²) in [6.45, 7) is 3.40. The van der Waals surface area contributed by atoms with Crippen LogP contribution in [0.3, 0.4) is 0 Å². The summed E-state index contributed by atoms with van der Waals surface area (Å²) in [5, 5.41) is 1.26. The van der Waals surface area contributed by atoms with E-state index in [2.05, 4.69) is 31.7 Å². The minimum atomic E-state index is -3.94. The number of nitrogens with zero attached hydrogens (tertiary/aromatic N) is 4. The SMILES string of the molecule is O=C(c1ccc(NS(=O)(=O)c2c#ccc3cccnc23)cc1)N1CCN(Cc2cncc(Cl)c2)CC1. The van der Waals surface area contributed by atoms with Crippen LogP contribution in [-0.2, 0) is 16.6 Å². The lowest BCUT2D eigenvalue weighted by atomic mass is 10.1. The first-order chi connectivity index (χ1) is 17.4. The molecule has 1 aliphatic rings. The Hall–Kier alpha value is -3.71. The first-order valence-electron chi connectivity index (χ1n) is 11.3. The van der Waals surface area contributed by atoms with Gasteiger partial charge in [-0.3, -0.25) is 24.4 Å². The fourth-order valence-corrected chi connectivity index (χ4v) is 5.50. The quantitative estimate of drug-likeness (QED) is 0.418. The smallest absolute Gasteiger partial charge is 0.272 e. The number of hydrogen-bond donors (Lipinski definition) is 1. The van der Waals surface area contributed by atoms with Gasteiger partial charge in [-0.2, -0.15) is 0 Å². The van der Waals surface area contributed by atoms with E-state index in [1.165, 1.54) is 6.20 Å². The normalized spacial score (nSPS) is 14.4. The van der Waals surface area contributed by atoms with Crippen LogP contribution in [0.5, 0.6) is 0 Å². The molecule has 0 bridgehead atoms. The predicted octanol–water partition coefficient (Wildman–Crippen LogP) is 3.64. The third-order valence-electron chi connectivity index (χ3n) is 5.95. The highest BCUT2D eigenvalue weighted by atomic mass is 35.5. The standard InChI is InChI=1S/C26H22ClN5O3S/c27-22-15-19(16-28-17-22)18-31-11-13-32(14-12-31)26(33)21-6-8-23(9-7-21)30-36(34,35)24-5-1-3-20-4-2-10-29-25(20)24/h2-4,6-10,15-17,30H,11-14,18H2. The number of aromatic nitrogens is 2. The van der Waals surface area contributed by atoms with Crippen LogP contribution in [0, 0.1) is 12.1 Å². The van der Waals surface area contributed by atoms with Gasteiger partial charge >= 0.3 is 0 Å². The number of pyridine rings is 2. The van der Waals surface area contributed by atoms with Crippen LogP contribution in [0.25, 0.3) is 10.9 Å². The molecule has 4 aromatic rings. The topological polar surface area (TPSA) is 95.5 Å². The molecule has 0 aliphatic carbocycles. The summed E-state index contributed by atoms with van der Waals surface area (Å²) >= 11 is 6.02. The van der Waals surface area contributed by atoms with Gasteiger partial charge in [0.2, 0.25) is 0 Å². The lowest BCUT2D eigenvalue weighted by Crippen LogP contribution is -2.48. The number of amides is 1. The largest absolute Gasteiger partial charge is 0.336 e. The van der Waals surface area contributed by atoms with Crippen LogP contribution in [0.15, 0.2) is 72.0 Å². The van der Waals surface area contributed by atoms with Crippen LogP contribution in [-0.4, -0.2) is 60.3 Å². The van der Waals surface area contributed by atoms with Gasteiger partial charge in [0, 0.05) is 68.0 Å². The van der Waals surface area contributed by atoms with Gasteiger partial charge < -0.3 is 4.90 Å². The van der Waals surface area contributed by atoms with Gasteiger partial charge in [-0.15, -0.1) is 0 Å². The lowest BCUT2D eigenvalue weighted by Gasteiger charge is -2.34. The molecular formula is C26H22ClN5O3S. The molecule has 2 aromatic carbocycles. The molecule has 36 heavy (non-hydrogen) atoms. The van der Waals surface area contributed by atoms with E-state index in [4.69, 9.17) is 11.6 Å². The Bertz CT molecular complexity index is 1500. The van der Waals surface area contributed by atoms with Gasteiger partial charge in [0.15, 0.2) is 4.90 Å². The van der Waals surface area contributed by atoms with Crippen molar-refractivity contribution in [3.63, 3.8) is 0 Å². The highest BCUT2D eigenvalue weighted by Crippen LogP contribution is 2.22. The van der Waals surface area contributed by atoms with E-state index in [0.29, 0.717) is 40.3 Å². The summed E-state index contributed by atoms with van der Waals surface area (Å²) < 4.78 is 28.5. The zero-order valence-corrected chi connectivity index (χ0v) is 20.8. The van der Waals surface area contributed by atoms with E-state index in [1.54, 1.807) is 59.8 Å². The molecule has 3 heterocycles. The number of carbonyl (C=O) groups is 1. The maximum Gasteiger partial charge on any atom is 0.272 e. The van der Waals surface area contributed by atoms with Crippen molar-refractivity contribution >= 4 is 44.1 Å². The predicted molar refractivity (Wildman–Crippen MR) is 137 cm³/mol. The molecule has 1 saturated heterocycles. The number of anilines is 1. The molecule has 182 valence electrons. The van der Waals surface area contributed by atoms with Crippen molar-refractivity contribution < 1.29 is 13.2 Å². The minimum Gasteiger partial charge on any atom is -0.336 e. The van der Waals surface area contributed by atoms with E-state index in [1.807, 2.05) is 6.07 Å². The number of piperazine rings is 1. The van der Waals surface area contributed by atoms with Crippen molar-refractivity contribution in [2.45, 2.75) is 11.4 Å². The van der Waals surface area contributed by atoms with Crippen molar-refractivity contribution in [2.75, 3.05) is 30.9 Å². The maximum atomic E-state index is 13.0. The number of sulfonamides is 1. The Kier molecular flexibility index (Phi) is 6.74. The first kappa shape index (κ1) is 24.0. The number of carbonyl (C=O) groups excluding carboxylic acids is 1. The second-order valence-corrected chi connectivity index (χ2v) is 10.5. The molecule has 0 spiro atoms. The number of halogens is 1. The minimum absolute atomic E-state index is 0.0767. The molecule has 5 rings (SSSR count). The summed E-state index contributed by atoms with van der Waals surface area (Å²) in [5.74, 6) is -0.0883. The average Bonchev–Trinajstić information content (AvgIpc) is 2.89. The molecule has 0 unspecified atom stereocenters. The molecule has 0 radical (unpaired) electrons. The fourth-order valence-electron chi connectivity index (χ4n) is 4.14. The number of benzene rings is 1. The second-order valence-electron chi connectivity index (χ2n) is 8.45. The second kappa shape index (κ2) is 10.1. The van der Waals surface area contributed by atoms with Crippen molar-refractivity contribution in [1.82, 2.24) is 19.8 Å². The molecule has 0 atom stereocenters. The molecule has 1 amide bonds. The van der Waals surface area contributed by atoms with Gasteiger partial charge in [-0.25, -0.2) is 8.42 Å². The Morgan fingerprint density at radius 1 is 1.08 bits per heavy atom. The van der Waals surface area contributed by atoms with Crippen molar-refractivity contribution in [1.29, 1.82) is 0 Å². The van der Waals surface area contributed by atoms with Crippen LogP contribution in [0.4, 0.5) is 5.69 Å². The van der Waals surface area contributed by atoms with Crippen molar-refractivity contribution in [2.24, 2.45) is 0 Å². The average molecular weight is 520 g/mol. The molecule has 1 aliphatic heterocycles. The summed E-state index contributed by atoms with van der Waals surface area (Å²) in [6.07, 6.45) is 4.94. The van der Waals surface area contributed by atoms with Crippen molar-refractivity contribution in [3.05, 3.63) is 95.4 Å². The van der Waals surface area contributed by atoms with Crippen LogP contribution in [0.1, 0.15) is 15.9 Å². The summed E-state index contributed by atoms with van der Waals surface area (Å²) in [6, 6.07) is 18.8. The van der Waals surface area contributed by atoms with Gasteiger partial charge in [0.25, 0.3) is 15.9 Å². The molecule has 8 nitrogen and oxygen atoms in total. The third-order valence-corrected chi connectivity index (χ3v) is 7.49. The number of hydrogen-bond acceptors (Lipinski definition) is 6. The van der Waals surface area contributed by atoms with E-state index < -0.39 is 10.0 Å². The summed E-state index contributed by atoms with van der Waals surface area (Å²) in [5.41, 5.74) is 2.20. The summed E-state index contributed by atoms with van der Waals surface area (Å²) in [4.78, 5) is 25.3. The van der Waals surface area contributed by atoms with Gasteiger partial charge in [0.1, 0.15) is 0 Å². The monoisotopic (exact) mass is 519 g/mol. The van der Waals surface area contributed by atoms with E-state index in [9.17, 15) is 13.2 Å². The Balaban J connectivity index is 1.21. The van der Waals surface area contributed by atoms with Crippen molar-refractivity contribution in [3.8, 4) is 0 Å². The van der Waals surface area contributed by atoms with E-state index >= 15 is 0 Å². The Labute approximate surface area is 214 Å². The molecule has 10 heteroatoms. The maximum absolute atomic E-state index is 13.0. The van der Waals surface area contributed by atoms with Gasteiger partial charge in [0.05, 0.1) is 10.5 Å².